The van der Waals surface area contributed by atoms with E-state index in [0.29, 0.717) is 25.2 Å². The SMILES string of the molecule is COc1ccc(CCC(=O)N2CCN(c3ccc(-c4ccc(F)cc4)nn3)CC2)cc1. The Kier molecular flexibility index (Phi) is 6.40. The molecule has 0 radical (unpaired) electrons. The highest BCUT2D eigenvalue weighted by Gasteiger charge is 2.22. The second-order valence-electron chi connectivity index (χ2n) is 7.50. The lowest BCUT2D eigenvalue weighted by Crippen LogP contribution is -2.49. The first-order chi connectivity index (χ1) is 15.1. The summed E-state index contributed by atoms with van der Waals surface area (Å²) in [5.74, 6) is 1.51. The van der Waals surface area contributed by atoms with Gasteiger partial charge in [-0.25, -0.2) is 4.39 Å². The molecule has 6 nitrogen and oxygen atoms in total. The molecule has 0 aliphatic carbocycles. The number of halogens is 1. The van der Waals surface area contributed by atoms with Crippen molar-refractivity contribution in [2.24, 2.45) is 0 Å². The number of aryl methyl sites for hydroxylation is 1. The molecule has 1 aromatic heterocycles. The van der Waals surface area contributed by atoms with Crippen LogP contribution >= 0.6 is 0 Å². The van der Waals surface area contributed by atoms with Gasteiger partial charge in [-0.2, -0.15) is 0 Å². The molecule has 1 aliphatic rings. The van der Waals surface area contributed by atoms with Crippen LogP contribution in [0.25, 0.3) is 11.3 Å². The van der Waals surface area contributed by atoms with Crippen LogP contribution in [-0.4, -0.2) is 54.3 Å². The number of carbonyl (C=O) groups excluding carboxylic acids is 1. The standard InChI is InChI=1S/C24H25FN4O2/c1-31-21-9-2-18(3-10-21)4-13-24(30)29-16-14-28(15-17-29)23-12-11-22(26-27-23)19-5-7-20(25)8-6-19/h2-3,5-12H,4,13-17H2,1H3. The molecule has 1 saturated heterocycles. The van der Waals surface area contributed by atoms with Gasteiger partial charge in [0.2, 0.25) is 5.91 Å². The Bertz CT molecular complexity index is 999. The number of benzene rings is 2. The van der Waals surface area contributed by atoms with Crippen molar-refractivity contribution in [3.8, 4) is 17.0 Å². The second kappa shape index (κ2) is 9.55. The largest absolute Gasteiger partial charge is 0.497 e. The summed E-state index contributed by atoms with van der Waals surface area (Å²) in [4.78, 5) is 16.6. The molecule has 3 aromatic rings. The van der Waals surface area contributed by atoms with E-state index in [-0.39, 0.29) is 11.7 Å². The third kappa shape index (κ3) is 5.17. The molecule has 0 atom stereocenters. The normalized spacial score (nSPS) is 13.9. The maximum atomic E-state index is 13.1. The molecule has 1 aliphatic heterocycles. The number of anilines is 1. The lowest BCUT2D eigenvalue weighted by atomic mass is 10.1. The molecule has 7 heteroatoms. The number of methoxy groups -OCH3 is 1. The van der Waals surface area contributed by atoms with Crippen molar-refractivity contribution in [2.75, 3.05) is 38.2 Å². The van der Waals surface area contributed by atoms with Crippen LogP contribution in [0.4, 0.5) is 10.2 Å². The molecular formula is C24H25FN4O2. The first kappa shape index (κ1) is 20.8. The van der Waals surface area contributed by atoms with Crippen molar-refractivity contribution >= 4 is 11.7 Å². The average Bonchev–Trinajstić information content (AvgIpc) is 2.83. The monoisotopic (exact) mass is 420 g/mol. The van der Waals surface area contributed by atoms with Gasteiger partial charge in [0.15, 0.2) is 5.82 Å². The fourth-order valence-corrected chi connectivity index (χ4v) is 3.66. The highest BCUT2D eigenvalue weighted by Crippen LogP contribution is 2.20. The summed E-state index contributed by atoms with van der Waals surface area (Å²) in [5.41, 5.74) is 2.66. The van der Waals surface area contributed by atoms with Crippen LogP contribution in [0.15, 0.2) is 60.7 Å². The third-order valence-electron chi connectivity index (χ3n) is 5.53. The number of hydrogen-bond acceptors (Lipinski definition) is 5. The number of hydrogen-bond donors (Lipinski definition) is 0. The van der Waals surface area contributed by atoms with Crippen molar-refractivity contribution in [1.29, 1.82) is 0 Å². The average molecular weight is 420 g/mol. The Hall–Kier alpha value is -3.48. The molecule has 1 amide bonds. The Balaban J connectivity index is 1.27. The van der Waals surface area contributed by atoms with Gasteiger partial charge < -0.3 is 14.5 Å². The molecule has 4 rings (SSSR count). The van der Waals surface area contributed by atoms with Crippen LogP contribution in [0, 0.1) is 5.82 Å². The quantitative estimate of drug-likeness (QED) is 0.610. The molecule has 2 heterocycles. The van der Waals surface area contributed by atoms with Gasteiger partial charge in [-0.3, -0.25) is 4.79 Å². The van der Waals surface area contributed by atoms with Crippen molar-refractivity contribution in [1.82, 2.24) is 15.1 Å². The predicted molar refractivity (Wildman–Crippen MR) is 118 cm³/mol. The van der Waals surface area contributed by atoms with Gasteiger partial charge >= 0.3 is 0 Å². The van der Waals surface area contributed by atoms with Crippen LogP contribution in [0.5, 0.6) is 5.75 Å². The van der Waals surface area contributed by atoms with E-state index >= 15 is 0 Å². The summed E-state index contributed by atoms with van der Waals surface area (Å²) in [5, 5.41) is 8.61. The minimum atomic E-state index is -0.273. The van der Waals surface area contributed by atoms with Gasteiger partial charge in [0.25, 0.3) is 0 Å². The Labute approximate surface area is 181 Å². The summed E-state index contributed by atoms with van der Waals surface area (Å²) in [6.07, 6.45) is 1.22. The van der Waals surface area contributed by atoms with Gasteiger partial charge in [0, 0.05) is 38.2 Å². The van der Waals surface area contributed by atoms with Crippen LogP contribution in [0.1, 0.15) is 12.0 Å². The van der Waals surface area contributed by atoms with E-state index in [2.05, 4.69) is 15.1 Å². The summed E-state index contributed by atoms with van der Waals surface area (Å²) in [7, 11) is 1.64. The summed E-state index contributed by atoms with van der Waals surface area (Å²) < 4.78 is 18.3. The van der Waals surface area contributed by atoms with Gasteiger partial charge in [0.05, 0.1) is 12.8 Å². The minimum Gasteiger partial charge on any atom is -0.497 e. The van der Waals surface area contributed by atoms with Gasteiger partial charge in [-0.15, -0.1) is 10.2 Å². The third-order valence-corrected chi connectivity index (χ3v) is 5.53. The molecule has 0 N–H and O–H groups in total. The molecule has 160 valence electrons. The first-order valence-corrected chi connectivity index (χ1v) is 10.4. The topological polar surface area (TPSA) is 58.6 Å². The maximum absolute atomic E-state index is 13.1. The zero-order valence-corrected chi connectivity index (χ0v) is 17.5. The number of ether oxygens (including phenoxy) is 1. The van der Waals surface area contributed by atoms with Gasteiger partial charge in [-0.05, 0) is 60.5 Å². The van der Waals surface area contributed by atoms with Crippen LogP contribution < -0.4 is 9.64 Å². The fraction of sp³-hybridized carbons (Fsp3) is 0.292. The highest BCUT2D eigenvalue weighted by molar-refractivity contribution is 5.76. The summed E-state index contributed by atoms with van der Waals surface area (Å²) >= 11 is 0. The summed E-state index contributed by atoms with van der Waals surface area (Å²) in [6.45, 7) is 2.78. The Morgan fingerprint density at radius 2 is 1.65 bits per heavy atom. The van der Waals surface area contributed by atoms with Crippen LogP contribution in [0.2, 0.25) is 0 Å². The van der Waals surface area contributed by atoms with E-state index in [9.17, 15) is 9.18 Å². The molecule has 2 aromatic carbocycles. The number of aromatic nitrogens is 2. The highest BCUT2D eigenvalue weighted by atomic mass is 19.1. The maximum Gasteiger partial charge on any atom is 0.223 e. The smallest absolute Gasteiger partial charge is 0.223 e. The number of amides is 1. The first-order valence-electron chi connectivity index (χ1n) is 10.4. The lowest BCUT2D eigenvalue weighted by Gasteiger charge is -2.35. The van der Waals surface area contributed by atoms with Crippen LogP contribution in [0.3, 0.4) is 0 Å². The Morgan fingerprint density at radius 3 is 2.26 bits per heavy atom. The Morgan fingerprint density at radius 1 is 0.935 bits per heavy atom. The molecule has 31 heavy (non-hydrogen) atoms. The van der Waals surface area contributed by atoms with Crippen molar-refractivity contribution < 1.29 is 13.9 Å². The number of piperazine rings is 1. The zero-order valence-electron chi connectivity index (χ0n) is 17.5. The van der Waals surface area contributed by atoms with E-state index in [1.54, 1.807) is 19.2 Å². The number of carbonyl (C=O) groups is 1. The lowest BCUT2D eigenvalue weighted by molar-refractivity contribution is -0.131. The number of nitrogens with zero attached hydrogens (tertiary/aromatic N) is 4. The second-order valence-corrected chi connectivity index (χ2v) is 7.50. The van der Waals surface area contributed by atoms with E-state index < -0.39 is 0 Å². The molecular weight excluding hydrogens is 395 g/mol. The zero-order chi connectivity index (χ0) is 21.6. The van der Waals surface area contributed by atoms with Crippen LogP contribution in [-0.2, 0) is 11.2 Å². The molecule has 0 unspecified atom stereocenters. The van der Waals surface area contributed by atoms with E-state index in [1.165, 1.54) is 12.1 Å². The van der Waals surface area contributed by atoms with E-state index in [4.69, 9.17) is 4.74 Å². The van der Waals surface area contributed by atoms with Gasteiger partial charge in [-0.1, -0.05) is 12.1 Å². The molecule has 1 fully saturated rings. The number of rotatable bonds is 6. The molecule has 0 saturated carbocycles. The van der Waals surface area contributed by atoms with Crippen molar-refractivity contribution in [3.05, 3.63) is 72.0 Å². The van der Waals surface area contributed by atoms with Crippen molar-refractivity contribution in [3.63, 3.8) is 0 Å². The minimum absolute atomic E-state index is 0.174. The summed E-state index contributed by atoms with van der Waals surface area (Å²) in [6, 6.07) is 17.9. The van der Waals surface area contributed by atoms with E-state index in [1.807, 2.05) is 41.3 Å². The fourth-order valence-electron chi connectivity index (χ4n) is 3.66. The van der Waals surface area contributed by atoms with Crippen molar-refractivity contribution in [2.45, 2.75) is 12.8 Å². The van der Waals surface area contributed by atoms with E-state index in [0.717, 1.165) is 42.2 Å². The predicted octanol–water partition coefficient (Wildman–Crippen LogP) is 3.57. The molecule has 0 spiro atoms. The molecule has 0 bridgehead atoms. The van der Waals surface area contributed by atoms with Gasteiger partial charge in [0.1, 0.15) is 11.6 Å².